The number of amides is 3. The fourth-order valence-electron chi connectivity index (χ4n) is 5.36. The third-order valence-corrected chi connectivity index (χ3v) is 7.60. The van der Waals surface area contributed by atoms with Crippen LogP contribution in [0.4, 0.5) is 17.1 Å². The molecule has 0 atom stereocenters. The van der Waals surface area contributed by atoms with Gasteiger partial charge in [0.15, 0.2) is 5.76 Å². The van der Waals surface area contributed by atoms with Crippen molar-refractivity contribution >= 4 is 34.8 Å². The molecule has 2 aliphatic heterocycles. The second-order valence-corrected chi connectivity index (χ2v) is 10.2. The summed E-state index contributed by atoms with van der Waals surface area (Å²) in [6.07, 6.45) is 2.90. The predicted octanol–water partition coefficient (Wildman–Crippen LogP) is 3.91. The highest BCUT2D eigenvalue weighted by atomic mass is 16.3. The molecule has 2 saturated heterocycles. The lowest BCUT2D eigenvalue weighted by atomic mass is 10.0. The summed E-state index contributed by atoms with van der Waals surface area (Å²) < 4.78 is 5.29. The first-order valence-corrected chi connectivity index (χ1v) is 13.5. The van der Waals surface area contributed by atoms with Gasteiger partial charge in [-0.1, -0.05) is 18.2 Å². The second kappa shape index (κ2) is 11.6. The number of piperazine rings is 1. The van der Waals surface area contributed by atoms with Crippen molar-refractivity contribution in [3.8, 4) is 0 Å². The smallest absolute Gasteiger partial charge is 0.291 e. The average Bonchev–Trinajstić information content (AvgIpc) is 3.49. The Morgan fingerprint density at radius 3 is 2.15 bits per heavy atom. The van der Waals surface area contributed by atoms with Crippen LogP contribution in [0.1, 0.15) is 46.2 Å². The molecule has 0 radical (unpaired) electrons. The van der Waals surface area contributed by atoms with Crippen LogP contribution in [0.15, 0.2) is 65.3 Å². The number of likely N-dealkylation sites (tertiary alicyclic amines) is 1. The van der Waals surface area contributed by atoms with Gasteiger partial charge in [0.2, 0.25) is 5.91 Å². The van der Waals surface area contributed by atoms with Gasteiger partial charge in [0.25, 0.3) is 11.8 Å². The van der Waals surface area contributed by atoms with Crippen molar-refractivity contribution in [2.24, 2.45) is 0 Å². The lowest BCUT2D eigenvalue weighted by molar-refractivity contribution is -0.129. The molecule has 0 bridgehead atoms. The number of anilines is 3. The van der Waals surface area contributed by atoms with Gasteiger partial charge in [0, 0.05) is 63.5 Å². The van der Waals surface area contributed by atoms with Gasteiger partial charge in [0.1, 0.15) is 0 Å². The fraction of sp³-hybridized carbons (Fsp3) is 0.367. The molecule has 1 aromatic heterocycles. The van der Waals surface area contributed by atoms with Crippen LogP contribution in [0.25, 0.3) is 0 Å². The van der Waals surface area contributed by atoms with Crippen molar-refractivity contribution in [3.63, 3.8) is 0 Å². The highest BCUT2D eigenvalue weighted by Gasteiger charge is 2.25. The third-order valence-electron chi connectivity index (χ3n) is 7.60. The van der Waals surface area contributed by atoms with Crippen LogP contribution in [-0.4, -0.2) is 67.9 Å². The van der Waals surface area contributed by atoms with Gasteiger partial charge in [-0.3, -0.25) is 14.4 Å². The zero-order valence-corrected chi connectivity index (χ0v) is 22.5. The maximum absolute atomic E-state index is 13.2. The van der Waals surface area contributed by atoms with Crippen molar-refractivity contribution in [1.82, 2.24) is 10.2 Å². The number of rotatable bonds is 6. The Morgan fingerprint density at radius 2 is 1.51 bits per heavy atom. The molecule has 2 aliphatic rings. The van der Waals surface area contributed by atoms with E-state index in [9.17, 15) is 14.4 Å². The van der Waals surface area contributed by atoms with Crippen molar-refractivity contribution in [1.29, 1.82) is 0 Å². The molecule has 2 fully saturated rings. The molecule has 0 unspecified atom stereocenters. The average molecular weight is 530 g/mol. The summed E-state index contributed by atoms with van der Waals surface area (Å²) in [6.45, 7) is 8.21. The van der Waals surface area contributed by atoms with E-state index < -0.39 is 0 Å². The highest BCUT2D eigenvalue weighted by Crippen LogP contribution is 2.30. The van der Waals surface area contributed by atoms with Crippen LogP contribution in [0.3, 0.4) is 0 Å². The van der Waals surface area contributed by atoms with E-state index in [0.29, 0.717) is 24.3 Å². The largest absolute Gasteiger partial charge is 0.459 e. The summed E-state index contributed by atoms with van der Waals surface area (Å²) in [5.41, 5.74) is 4.40. The monoisotopic (exact) mass is 529 g/mol. The number of nitrogens with zero attached hydrogens (tertiary/aromatic N) is 3. The van der Waals surface area contributed by atoms with E-state index in [1.54, 1.807) is 30.0 Å². The Balaban J connectivity index is 1.32. The molecule has 2 N–H and O–H groups in total. The summed E-state index contributed by atoms with van der Waals surface area (Å²) in [5, 5.41) is 6.07. The van der Waals surface area contributed by atoms with Crippen LogP contribution in [0.5, 0.6) is 0 Å². The minimum atomic E-state index is -0.367. The Bertz CT molecular complexity index is 1320. The van der Waals surface area contributed by atoms with Gasteiger partial charge in [0.05, 0.1) is 17.6 Å². The summed E-state index contributed by atoms with van der Waals surface area (Å²) in [5.74, 6) is -0.292. The van der Waals surface area contributed by atoms with Gasteiger partial charge in [-0.05, 0) is 61.7 Å². The highest BCUT2D eigenvalue weighted by molar-refractivity contribution is 6.05. The maximum Gasteiger partial charge on any atom is 0.291 e. The summed E-state index contributed by atoms with van der Waals surface area (Å²) in [4.78, 5) is 44.1. The summed E-state index contributed by atoms with van der Waals surface area (Å²) in [7, 11) is 0. The lowest BCUT2D eigenvalue weighted by Gasteiger charge is -2.38. The molecular weight excluding hydrogens is 494 g/mol. The first-order valence-electron chi connectivity index (χ1n) is 13.5. The SMILES string of the molecule is CC(=O)N1CCC(NC(=O)c2ccc(N3CCN(c4ccccc4C)CC3)c(NC(=O)c3ccco3)c2)CC1. The fourth-order valence-corrected chi connectivity index (χ4v) is 5.36. The molecule has 0 spiro atoms. The first kappa shape index (κ1) is 26.3. The van der Waals surface area contributed by atoms with E-state index in [0.717, 1.165) is 44.7 Å². The number of carbonyl (C=O) groups excluding carboxylic acids is 3. The molecule has 204 valence electrons. The van der Waals surface area contributed by atoms with Gasteiger partial charge in [-0.25, -0.2) is 0 Å². The minimum absolute atomic E-state index is 0.00320. The predicted molar refractivity (Wildman–Crippen MR) is 151 cm³/mol. The maximum atomic E-state index is 13.2. The van der Waals surface area contributed by atoms with Gasteiger partial charge >= 0.3 is 0 Å². The molecule has 9 heteroatoms. The number of nitrogens with one attached hydrogen (secondary N) is 2. The molecule has 39 heavy (non-hydrogen) atoms. The van der Waals surface area contributed by atoms with Crippen molar-refractivity contribution in [2.75, 3.05) is 54.4 Å². The number of hydrogen-bond acceptors (Lipinski definition) is 6. The van der Waals surface area contributed by atoms with E-state index in [2.05, 4.69) is 51.6 Å². The van der Waals surface area contributed by atoms with E-state index in [1.165, 1.54) is 17.5 Å². The zero-order chi connectivity index (χ0) is 27.4. The van der Waals surface area contributed by atoms with Gasteiger partial charge < -0.3 is 29.8 Å². The molecular formula is C30H35N5O4. The number of benzene rings is 2. The molecule has 2 aromatic carbocycles. The molecule has 3 amide bonds. The van der Waals surface area contributed by atoms with Crippen molar-refractivity contribution in [3.05, 3.63) is 77.7 Å². The van der Waals surface area contributed by atoms with E-state index in [4.69, 9.17) is 4.42 Å². The molecule has 3 heterocycles. The van der Waals surface area contributed by atoms with E-state index in [-0.39, 0.29) is 29.5 Å². The van der Waals surface area contributed by atoms with E-state index in [1.807, 2.05) is 12.1 Å². The van der Waals surface area contributed by atoms with Crippen LogP contribution in [0.2, 0.25) is 0 Å². The molecule has 5 rings (SSSR count). The molecule has 0 aliphatic carbocycles. The van der Waals surface area contributed by atoms with Crippen LogP contribution in [0, 0.1) is 6.92 Å². The Morgan fingerprint density at radius 1 is 0.821 bits per heavy atom. The molecule has 0 saturated carbocycles. The number of para-hydroxylation sites is 1. The topological polar surface area (TPSA) is 98.1 Å². The number of piperidine rings is 1. The van der Waals surface area contributed by atoms with Gasteiger partial charge in [-0.15, -0.1) is 0 Å². The van der Waals surface area contributed by atoms with Crippen molar-refractivity contribution < 1.29 is 18.8 Å². The number of carbonyl (C=O) groups is 3. The Kier molecular flexibility index (Phi) is 7.86. The van der Waals surface area contributed by atoms with Gasteiger partial charge in [-0.2, -0.15) is 0 Å². The Labute approximate surface area is 228 Å². The van der Waals surface area contributed by atoms with E-state index >= 15 is 0 Å². The number of hydrogen-bond donors (Lipinski definition) is 2. The van der Waals surface area contributed by atoms with Crippen LogP contribution >= 0.6 is 0 Å². The Hall–Kier alpha value is -4.27. The summed E-state index contributed by atoms with van der Waals surface area (Å²) >= 11 is 0. The third kappa shape index (κ3) is 6.08. The lowest BCUT2D eigenvalue weighted by Crippen LogP contribution is -2.47. The quantitative estimate of drug-likeness (QED) is 0.503. The molecule has 3 aromatic rings. The minimum Gasteiger partial charge on any atom is -0.459 e. The van der Waals surface area contributed by atoms with Crippen LogP contribution < -0.4 is 20.4 Å². The number of furan rings is 1. The zero-order valence-electron chi connectivity index (χ0n) is 22.5. The second-order valence-electron chi connectivity index (χ2n) is 10.2. The normalized spacial score (nSPS) is 16.2. The molecule has 9 nitrogen and oxygen atoms in total. The first-order chi connectivity index (χ1) is 18.9. The van der Waals surface area contributed by atoms with Crippen LogP contribution in [-0.2, 0) is 4.79 Å². The van der Waals surface area contributed by atoms with Crippen molar-refractivity contribution in [2.45, 2.75) is 32.7 Å². The number of aryl methyl sites for hydroxylation is 1. The summed E-state index contributed by atoms with van der Waals surface area (Å²) in [6, 6.07) is 17.1. The standard InChI is InChI=1S/C30H35N5O4/c1-21-6-3-4-7-26(21)34-15-17-35(18-16-34)27-10-9-23(20-25(27)32-30(38)28-8-5-19-39-28)29(37)31-24-11-13-33(14-12-24)22(2)36/h3-10,19-20,24H,11-18H2,1-2H3,(H,31,37)(H,32,38).